The molecule has 1 N–H and O–H groups in total. The third-order valence-electron chi connectivity index (χ3n) is 3.07. The Labute approximate surface area is 126 Å². The van der Waals surface area contributed by atoms with E-state index in [9.17, 15) is 9.59 Å². The van der Waals surface area contributed by atoms with E-state index in [-0.39, 0.29) is 23.7 Å². The molecule has 1 fully saturated rings. The molecule has 1 aromatic rings. The minimum atomic E-state index is -0.554. The summed E-state index contributed by atoms with van der Waals surface area (Å²) >= 11 is 3.34. The van der Waals surface area contributed by atoms with Crippen LogP contribution in [0.3, 0.4) is 0 Å². The smallest absolute Gasteiger partial charge is 0.251 e. The van der Waals surface area contributed by atoms with Crippen LogP contribution in [0.5, 0.6) is 0 Å². The van der Waals surface area contributed by atoms with Gasteiger partial charge in [0.2, 0.25) is 5.91 Å². The Hall–Kier alpha value is -1.50. The number of rotatable bonds is 2. The molecule has 1 aliphatic rings. The molecule has 2 amide bonds. The van der Waals surface area contributed by atoms with E-state index in [1.807, 2.05) is 20.8 Å². The van der Waals surface area contributed by atoms with Crippen LogP contribution in [0.1, 0.15) is 33.0 Å². The molecule has 1 aromatic heterocycles. The molecule has 1 unspecified atom stereocenters. The highest BCUT2D eigenvalue weighted by Crippen LogP contribution is 2.24. The van der Waals surface area contributed by atoms with Crippen LogP contribution < -0.4 is 5.32 Å². The summed E-state index contributed by atoms with van der Waals surface area (Å²) in [7, 11) is 1.49. The van der Waals surface area contributed by atoms with Gasteiger partial charge >= 0.3 is 0 Å². The quantitative estimate of drug-likeness (QED) is 0.655. The number of likely N-dealkylation sites (tertiary alicyclic amines) is 1. The Balaban J connectivity index is 2.25. The van der Waals surface area contributed by atoms with E-state index >= 15 is 0 Å². The van der Waals surface area contributed by atoms with Gasteiger partial charge in [-0.3, -0.25) is 14.5 Å². The molecule has 1 atom stereocenters. The second kappa shape index (κ2) is 5.12. The van der Waals surface area contributed by atoms with E-state index in [0.29, 0.717) is 16.2 Å². The molecule has 2 rings (SSSR count). The summed E-state index contributed by atoms with van der Waals surface area (Å²) in [5, 5.41) is 3.01. The number of nitrogens with one attached hydrogen (secondary N) is 1. The van der Waals surface area contributed by atoms with Crippen molar-refractivity contribution in [3.05, 3.63) is 16.5 Å². The van der Waals surface area contributed by atoms with Crippen LogP contribution in [0.2, 0.25) is 0 Å². The standard InChI is InChI=1S/C13H17BrN4O2/c1-13(2,3)12-16-8(14)6-9(17-12)15-7-5-10(19)18(4)11(7)20/h6-7H,5H2,1-4H3,(H,15,16,17). The monoisotopic (exact) mass is 340 g/mol. The van der Waals surface area contributed by atoms with Gasteiger partial charge in [0.15, 0.2) is 0 Å². The van der Waals surface area contributed by atoms with Crippen molar-refractivity contribution in [1.82, 2.24) is 14.9 Å². The van der Waals surface area contributed by atoms with E-state index in [2.05, 4.69) is 31.2 Å². The van der Waals surface area contributed by atoms with Gasteiger partial charge in [-0.15, -0.1) is 0 Å². The van der Waals surface area contributed by atoms with Crippen LogP contribution in [-0.4, -0.2) is 39.8 Å². The van der Waals surface area contributed by atoms with Gasteiger partial charge in [0.25, 0.3) is 5.91 Å². The predicted octanol–water partition coefficient (Wildman–Crippen LogP) is 1.71. The minimum absolute atomic E-state index is 0.155. The topological polar surface area (TPSA) is 75.2 Å². The van der Waals surface area contributed by atoms with Gasteiger partial charge in [0.1, 0.15) is 22.3 Å². The average molecular weight is 341 g/mol. The van der Waals surface area contributed by atoms with Crippen molar-refractivity contribution >= 4 is 33.6 Å². The molecule has 0 saturated carbocycles. The first kappa shape index (κ1) is 14.9. The zero-order chi connectivity index (χ0) is 15.1. The lowest BCUT2D eigenvalue weighted by Crippen LogP contribution is -2.32. The fourth-order valence-corrected chi connectivity index (χ4v) is 2.26. The number of nitrogens with zero attached hydrogens (tertiary/aromatic N) is 3. The van der Waals surface area contributed by atoms with Crippen molar-refractivity contribution in [2.24, 2.45) is 0 Å². The number of amides is 2. The van der Waals surface area contributed by atoms with Gasteiger partial charge in [-0.1, -0.05) is 20.8 Å². The maximum absolute atomic E-state index is 11.9. The zero-order valence-electron chi connectivity index (χ0n) is 11.9. The maximum atomic E-state index is 11.9. The lowest BCUT2D eigenvalue weighted by atomic mass is 9.96. The summed E-state index contributed by atoms with van der Waals surface area (Å²) in [4.78, 5) is 33.3. The molecule has 0 radical (unpaired) electrons. The van der Waals surface area contributed by atoms with E-state index < -0.39 is 6.04 Å². The van der Waals surface area contributed by atoms with Crippen molar-refractivity contribution in [2.45, 2.75) is 38.6 Å². The third-order valence-corrected chi connectivity index (χ3v) is 3.48. The Morgan fingerprint density at radius 2 is 2.00 bits per heavy atom. The molecule has 6 nitrogen and oxygen atoms in total. The summed E-state index contributed by atoms with van der Waals surface area (Å²) < 4.78 is 0.644. The number of likely N-dealkylation sites (N-methyl/N-ethyl adjacent to an activating group) is 1. The fourth-order valence-electron chi connectivity index (χ4n) is 1.87. The predicted molar refractivity (Wildman–Crippen MR) is 78.2 cm³/mol. The van der Waals surface area contributed by atoms with E-state index in [1.165, 1.54) is 7.05 Å². The van der Waals surface area contributed by atoms with Gasteiger partial charge in [0.05, 0.1) is 6.42 Å². The highest BCUT2D eigenvalue weighted by molar-refractivity contribution is 9.10. The molecule has 0 aromatic carbocycles. The van der Waals surface area contributed by atoms with Crippen molar-refractivity contribution in [3.63, 3.8) is 0 Å². The summed E-state index contributed by atoms with van der Waals surface area (Å²) in [6.07, 6.45) is 0.155. The number of hydrogen-bond donors (Lipinski definition) is 1. The van der Waals surface area contributed by atoms with Crippen molar-refractivity contribution in [3.8, 4) is 0 Å². The highest BCUT2D eigenvalue weighted by Gasteiger charge is 2.36. The number of halogens is 1. The molecule has 20 heavy (non-hydrogen) atoms. The van der Waals surface area contributed by atoms with Crippen LogP contribution in [0, 0.1) is 0 Å². The zero-order valence-corrected chi connectivity index (χ0v) is 13.5. The van der Waals surface area contributed by atoms with Crippen LogP contribution in [0.4, 0.5) is 5.82 Å². The van der Waals surface area contributed by atoms with E-state index in [0.717, 1.165) is 4.90 Å². The van der Waals surface area contributed by atoms with Gasteiger partial charge in [0, 0.05) is 18.5 Å². The lowest BCUT2D eigenvalue weighted by molar-refractivity contribution is -0.136. The summed E-state index contributed by atoms with van der Waals surface area (Å²) in [6.45, 7) is 6.03. The number of carbonyl (C=O) groups is 2. The minimum Gasteiger partial charge on any atom is -0.358 e. The molecule has 2 heterocycles. The van der Waals surface area contributed by atoms with Crippen LogP contribution >= 0.6 is 15.9 Å². The van der Waals surface area contributed by atoms with Crippen LogP contribution in [0.25, 0.3) is 0 Å². The van der Waals surface area contributed by atoms with Gasteiger partial charge in [-0.25, -0.2) is 9.97 Å². The number of imide groups is 1. The van der Waals surface area contributed by atoms with Gasteiger partial charge in [-0.05, 0) is 15.9 Å². The summed E-state index contributed by atoms with van der Waals surface area (Å²) in [5.41, 5.74) is -0.202. The van der Waals surface area contributed by atoms with Gasteiger partial charge < -0.3 is 5.32 Å². The molecular weight excluding hydrogens is 324 g/mol. The first-order valence-electron chi connectivity index (χ1n) is 6.30. The van der Waals surface area contributed by atoms with Crippen LogP contribution in [-0.2, 0) is 15.0 Å². The molecular formula is C13H17BrN4O2. The molecule has 7 heteroatoms. The first-order valence-corrected chi connectivity index (χ1v) is 7.10. The highest BCUT2D eigenvalue weighted by atomic mass is 79.9. The fraction of sp³-hybridized carbons (Fsp3) is 0.538. The Bertz CT molecular complexity index is 568. The largest absolute Gasteiger partial charge is 0.358 e. The maximum Gasteiger partial charge on any atom is 0.251 e. The summed E-state index contributed by atoms with van der Waals surface area (Å²) in [5.74, 6) is 0.788. The molecule has 0 aliphatic carbocycles. The normalized spacial score (nSPS) is 19.6. The van der Waals surface area contributed by atoms with Crippen LogP contribution in [0.15, 0.2) is 10.7 Å². The molecule has 108 valence electrons. The third kappa shape index (κ3) is 2.98. The molecule has 0 spiro atoms. The Morgan fingerprint density at radius 3 is 2.50 bits per heavy atom. The number of aromatic nitrogens is 2. The first-order chi connectivity index (χ1) is 9.18. The Kier molecular flexibility index (Phi) is 3.82. The average Bonchev–Trinajstić information content (AvgIpc) is 2.55. The van der Waals surface area contributed by atoms with Crippen molar-refractivity contribution < 1.29 is 9.59 Å². The Morgan fingerprint density at radius 1 is 1.35 bits per heavy atom. The number of hydrogen-bond acceptors (Lipinski definition) is 5. The molecule has 0 bridgehead atoms. The lowest BCUT2D eigenvalue weighted by Gasteiger charge is -2.19. The van der Waals surface area contributed by atoms with Gasteiger partial charge in [-0.2, -0.15) is 0 Å². The van der Waals surface area contributed by atoms with Crippen molar-refractivity contribution in [2.75, 3.05) is 12.4 Å². The molecule has 1 saturated heterocycles. The second-order valence-electron chi connectivity index (χ2n) is 5.84. The second-order valence-corrected chi connectivity index (χ2v) is 6.65. The number of anilines is 1. The van der Waals surface area contributed by atoms with E-state index in [4.69, 9.17) is 0 Å². The summed E-state index contributed by atoms with van der Waals surface area (Å²) in [6, 6.07) is 1.15. The number of carbonyl (C=O) groups excluding carboxylic acids is 2. The van der Waals surface area contributed by atoms with Crippen molar-refractivity contribution in [1.29, 1.82) is 0 Å². The molecule has 1 aliphatic heterocycles. The van der Waals surface area contributed by atoms with E-state index in [1.54, 1.807) is 6.07 Å². The SMILES string of the molecule is CN1C(=O)CC(Nc2cc(Br)nc(C(C)(C)C)n2)C1=O.